The predicted octanol–water partition coefficient (Wildman–Crippen LogP) is 12.8. The first-order chi connectivity index (χ1) is 24.8. The minimum atomic E-state index is 0.419. The van der Waals surface area contributed by atoms with E-state index < -0.39 is 0 Å². The Balaban J connectivity index is 1.09. The topological polar surface area (TPSA) is 9.86 Å². The maximum Gasteiger partial charge on any atom is 0.0541 e. The predicted molar refractivity (Wildman–Crippen MR) is 212 cm³/mol. The third-order valence-electron chi connectivity index (χ3n) is 10.4. The number of para-hydroxylation sites is 2. The molecule has 0 spiro atoms. The summed E-state index contributed by atoms with van der Waals surface area (Å²) < 4.78 is 4.84. The Morgan fingerprint density at radius 2 is 0.920 bits per heavy atom. The Morgan fingerprint density at radius 3 is 1.56 bits per heavy atom. The van der Waals surface area contributed by atoms with E-state index in [0.29, 0.717) is 5.92 Å². The van der Waals surface area contributed by atoms with E-state index >= 15 is 0 Å². The van der Waals surface area contributed by atoms with Crippen molar-refractivity contribution < 1.29 is 0 Å². The van der Waals surface area contributed by atoms with Gasteiger partial charge in [-0.2, -0.15) is 0 Å². The molecule has 0 fully saturated rings. The van der Waals surface area contributed by atoms with Crippen molar-refractivity contribution in [2.24, 2.45) is 0 Å². The van der Waals surface area contributed by atoms with Crippen LogP contribution in [0.4, 0.5) is 0 Å². The molecule has 2 aromatic heterocycles. The molecule has 1 aliphatic rings. The van der Waals surface area contributed by atoms with E-state index in [1.165, 1.54) is 71.4 Å². The fourth-order valence-electron chi connectivity index (χ4n) is 8.04. The third kappa shape index (κ3) is 4.64. The first-order valence-electron chi connectivity index (χ1n) is 17.5. The molecule has 9 aromatic rings. The van der Waals surface area contributed by atoms with E-state index in [2.05, 4.69) is 197 Å². The zero-order valence-corrected chi connectivity index (χ0v) is 27.6. The molecule has 0 bridgehead atoms. The minimum Gasteiger partial charge on any atom is -0.309 e. The zero-order valence-electron chi connectivity index (χ0n) is 27.6. The van der Waals surface area contributed by atoms with Gasteiger partial charge in [0.2, 0.25) is 0 Å². The number of rotatable bonds is 5. The molecule has 0 amide bonds. The van der Waals surface area contributed by atoms with Crippen LogP contribution in [0, 0.1) is 0 Å². The summed E-state index contributed by atoms with van der Waals surface area (Å²) in [6.07, 6.45) is 9.95. The van der Waals surface area contributed by atoms with Gasteiger partial charge in [-0.25, -0.2) is 0 Å². The average molecular weight is 639 g/mol. The van der Waals surface area contributed by atoms with Crippen molar-refractivity contribution in [2.75, 3.05) is 0 Å². The van der Waals surface area contributed by atoms with Crippen LogP contribution in [0.3, 0.4) is 0 Å². The number of fused-ring (bicyclic) bond motifs is 6. The van der Waals surface area contributed by atoms with Gasteiger partial charge in [0, 0.05) is 38.8 Å². The molecular formula is C48H34N2. The van der Waals surface area contributed by atoms with Crippen LogP contribution in [0.5, 0.6) is 0 Å². The van der Waals surface area contributed by atoms with Crippen molar-refractivity contribution in [3.8, 4) is 33.6 Å². The molecule has 236 valence electrons. The highest BCUT2D eigenvalue weighted by Crippen LogP contribution is 2.38. The van der Waals surface area contributed by atoms with Crippen molar-refractivity contribution in [2.45, 2.75) is 12.3 Å². The lowest BCUT2D eigenvalue weighted by Gasteiger charge is -2.14. The van der Waals surface area contributed by atoms with E-state index in [1.807, 2.05) is 0 Å². The average Bonchev–Trinajstić information content (AvgIpc) is 3.71. The molecule has 2 heterocycles. The van der Waals surface area contributed by atoms with Crippen molar-refractivity contribution in [1.29, 1.82) is 0 Å². The quantitative estimate of drug-likeness (QED) is 0.178. The van der Waals surface area contributed by atoms with Gasteiger partial charge in [-0.1, -0.05) is 127 Å². The Bertz CT molecular complexity index is 2790. The Labute approximate surface area is 291 Å². The molecule has 0 aliphatic heterocycles. The van der Waals surface area contributed by atoms with Crippen LogP contribution in [-0.4, -0.2) is 9.13 Å². The molecule has 10 rings (SSSR count). The van der Waals surface area contributed by atoms with E-state index in [4.69, 9.17) is 0 Å². The van der Waals surface area contributed by atoms with Gasteiger partial charge >= 0.3 is 0 Å². The van der Waals surface area contributed by atoms with Gasteiger partial charge in [0.25, 0.3) is 0 Å². The zero-order chi connectivity index (χ0) is 33.0. The molecule has 0 N–H and O–H groups in total. The largest absolute Gasteiger partial charge is 0.309 e. The summed E-state index contributed by atoms with van der Waals surface area (Å²) in [5, 5.41) is 5.11. The van der Waals surface area contributed by atoms with Crippen molar-refractivity contribution in [3.63, 3.8) is 0 Å². The van der Waals surface area contributed by atoms with Crippen molar-refractivity contribution in [3.05, 3.63) is 194 Å². The standard InChI is InChI=1S/C48H34N2/c1-3-13-33(14-4-1)37-25-27-47-43(31-37)41-21-7-9-23-45(41)49(47)39-19-11-17-35(29-39)36-18-12-20-40(30-36)50-46-24-10-8-22-42(46)44-32-38(26-28-48(44)50)34-15-5-2-6-16-34/h1-15,17-32,34H,16H2. The van der Waals surface area contributed by atoms with Gasteiger partial charge in [0.1, 0.15) is 0 Å². The van der Waals surface area contributed by atoms with Gasteiger partial charge in [-0.3, -0.25) is 0 Å². The number of allylic oxidation sites excluding steroid dienone is 4. The summed E-state index contributed by atoms with van der Waals surface area (Å²) in [6.45, 7) is 0. The first-order valence-corrected chi connectivity index (χ1v) is 17.5. The molecular weight excluding hydrogens is 605 g/mol. The second kappa shape index (κ2) is 11.6. The van der Waals surface area contributed by atoms with Gasteiger partial charge in [-0.05, 0) is 94.9 Å². The van der Waals surface area contributed by atoms with Gasteiger partial charge in [0.05, 0.1) is 22.1 Å². The van der Waals surface area contributed by atoms with Crippen LogP contribution in [-0.2, 0) is 0 Å². The summed E-state index contributed by atoms with van der Waals surface area (Å²) >= 11 is 0. The van der Waals surface area contributed by atoms with Crippen LogP contribution in [0.15, 0.2) is 188 Å². The lowest BCUT2D eigenvalue weighted by atomic mass is 9.91. The molecule has 0 radical (unpaired) electrons. The highest BCUT2D eigenvalue weighted by molar-refractivity contribution is 6.11. The normalized spacial score (nSPS) is 14.4. The SMILES string of the molecule is C1=CCC(c2ccc3c(c2)c2ccccc2n3-c2cccc(-c3cccc(-n4c5ccccc5c5cc(-c6ccccc6)ccc54)c3)c2)C=C1. The summed E-state index contributed by atoms with van der Waals surface area (Å²) in [6, 6.07) is 60.1. The van der Waals surface area contributed by atoms with Crippen molar-refractivity contribution >= 4 is 43.6 Å². The Morgan fingerprint density at radius 1 is 0.380 bits per heavy atom. The molecule has 50 heavy (non-hydrogen) atoms. The molecule has 0 saturated heterocycles. The third-order valence-corrected chi connectivity index (χ3v) is 10.4. The summed E-state index contributed by atoms with van der Waals surface area (Å²) in [7, 11) is 0. The van der Waals surface area contributed by atoms with Gasteiger partial charge in [0.15, 0.2) is 0 Å². The van der Waals surface area contributed by atoms with Gasteiger partial charge < -0.3 is 9.13 Å². The number of aromatic nitrogens is 2. The van der Waals surface area contributed by atoms with Crippen LogP contribution < -0.4 is 0 Å². The monoisotopic (exact) mass is 638 g/mol. The smallest absolute Gasteiger partial charge is 0.0541 e. The van der Waals surface area contributed by atoms with Crippen LogP contribution in [0.2, 0.25) is 0 Å². The first kappa shape index (κ1) is 28.6. The molecule has 1 aliphatic carbocycles. The lowest BCUT2D eigenvalue weighted by Crippen LogP contribution is -1.97. The molecule has 1 unspecified atom stereocenters. The molecule has 2 nitrogen and oxygen atoms in total. The summed E-state index contributed by atoms with van der Waals surface area (Å²) in [4.78, 5) is 0. The van der Waals surface area contributed by atoms with E-state index in [1.54, 1.807) is 0 Å². The van der Waals surface area contributed by atoms with Gasteiger partial charge in [-0.15, -0.1) is 0 Å². The van der Waals surface area contributed by atoms with Crippen LogP contribution >= 0.6 is 0 Å². The Kier molecular flexibility index (Phi) is 6.67. The number of hydrogen-bond donors (Lipinski definition) is 0. The highest BCUT2D eigenvalue weighted by Gasteiger charge is 2.17. The maximum atomic E-state index is 2.43. The number of nitrogens with zero attached hydrogens (tertiary/aromatic N) is 2. The lowest BCUT2D eigenvalue weighted by molar-refractivity contribution is 0.855. The highest BCUT2D eigenvalue weighted by atomic mass is 15.0. The Hall–Kier alpha value is -6.38. The fourth-order valence-corrected chi connectivity index (χ4v) is 8.04. The molecule has 2 heteroatoms. The molecule has 0 saturated carbocycles. The van der Waals surface area contributed by atoms with Crippen LogP contribution in [0.1, 0.15) is 17.9 Å². The van der Waals surface area contributed by atoms with E-state index in [0.717, 1.165) is 17.8 Å². The summed E-state index contributed by atoms with van der Waals surface area (Å²) in [5.74, 6) is 0.419. The van der Waals surface area contributed by atoms with Crippen LogP contribution in [0.25, 0.3) is 77.2 Å². The van der Waals surface area contributed by atoms with Crippen molar-refractivity contribution in [1.82, 2.24) is 9.13 Å². The number of hydrogen-bond acceptors (Lipinski definition) is 0. The fraction of sp³-hybridized carbons (Fsp3) is 0.0417. The molecule has 1 atom stereocenters. The number of benzene rings is 7. The minimum absolute atomic E-state index is 0.419. The van der Waals surface area contributed by atoms with E-state index in [9.17, 15) is 0 Å². The molecule has 7 aromatic carbocycles. The maximum absolute atomic E-state index is 2.43. The van der Waals surface area contributed by atoms with E-state index in [-0.39, 0.29) is 0 Å². The second-order valence-electron chi connectivity index (χ2n) is 13.3. The second-order valence-corrected chi connectivity index (χ2v) is 13.3. The summed E-state index contributed by atoms with van der Waals surface area (Å²) in [5.41, 5.74) is 13.4.